The van der Waals surface area contributed by atoms with Crippen molar-refractivity contribution in [2.75, 3.05) is 0 Å². The first-order chi connectivity index (χ1) is 10.5. The van der Waals surface area contributed by atoms with Crippen LogP contribution in [0, 0.1) is 0 Å². The van der Waals surface area contributed by atoms with Gasteiger partial charge >= 0.3 is 5.97 Å². The zero-order valence-corrected chi connectivity index (χ0v) is 11.7. The number of aromatic nitrogens is 1. The molecule has 0 spiro atoms. The SMILES string of the molecule is O=C(O)Cc1cn(Cc2ccc(O)cc2)c2ccc(O)cc12. The molecule has 5 heteroatoms. The molecule has 0 saturated heterocycles. The number of nitrogens with zero attached hydrogens (tertiary/aromatic N) is 1. The maximum atomic E-state index is 11.0. The summed E-state index contributed by atoms with van der Waals surface area (Å²) >= 11 is 0. The summed E-state index contributed by atoms with van der Waals surface area (Å²) in [5.74, 6) is -0.592. The minimum absolute atomic E-state index is 0.0947. The number of hydrogen-bond acceptors (Lipinski definition) is 3. The normalized spacial score (nSPS) is 10.9. The Balaban J connectivity index is 2.05. The maximum absolute atomic E-state index is 11.0. The molecular formula is C17H15NO4. The number of carboxylic acids is 1. The molecule has 0 amide bonds. The van der Waals surface area contributed by atoms with Crippen LogP contribution in [0.2, 0.25) is 0 Å². The van der Waals surface area contributed by atoms with E-state index in [0.29, 0.717) is 12.1 Å². The molecule has 22 heavy (non-hydrogen) atoms. The fourth-order valence-electron chi connectivity index (χ4n) is 2.59. The number of hydrogen-bond donors (Lipinski definition) is 3. The smallest absolute Gasteiger partial charge is 0.307 e. The molecule has 1 aromatic heterocycles. The van der Waals surface area contributed by atoms with E-state index >= 15 is 0 Å². The van der Waals surface area contributed by atoms with Crippen LogP contribution in [0.4, 0.5) is 0 Å². The van der Waals surface area contributed by atoms with Crippen LogP contribution < -0.4 is 0 Å². The standard InChI is InChI=1S/C17H15NO4/c19-13-3-1-11(2-4-13)9-18-10-12(7-17(21)22)15-8-14(20)5-6-16(15)18/h1-6,8,10,19-20H,7,9H2,(H,21,22). The number of phenols is 2. The molecule has 112 valence electrons. The molecule has 0 atom stereocenters. The molecular weight excluding hydrogens is 282 g/mol. The zero-order valence-electron chi connectivity index (χ0n) is 11.7. The zero-order chi connectivity index (χ0) is 15.7. The molecule has 0 unspecified atom stereocenters. The highest BCUT2D eigenvalue weighted by atomic mass is 16.4. The summed E-state index contributed by atoms with van der Waals surface area (Å²) in [6.45, 7) is 0.557. The summed E-state index contributed by atoms with van der Waals surface area (Å²) in [5.41, 5.74) is 2.52. The van der Waals surface area contributed by atoms with Crippen LogP contribution in [-0.4, -0.2) is 25.9 Å². The highest BCUT2D eigenvalue weighted by Gasteiger charge is 2.12. The van der Waals surface area contributed by atoms with Gasteiger partial charge in [-0.15, -0.1) is 0 Å². The van der Waals surface area contributed by atoms with Gasteiger partial charge in [0.05, 0.1) is 6.42 Å². The van der Waals surface area contributed by atoms with Crippen molar-refractivity contribution in [1.82, 2.24) is 4.57 Å². The van der Waals surface area contributed by atoms with E-state index in [1.165, 1.54) is 0 Å². The molecule has 3 N–H and O–H groups in total. The van der Waals surface area contributed by atoms with Crippen LogP contribution in [0.15, 0.2) is 48.7 Å². The number of fused-ring (bicyclic) bond motifs is 1. The van der Waals surface area contributed by atoms with E-state index in [1.807, 2.05) is 16.7 Å². The van der Waals surface area contributed by atoms with E-state index in [9.17, 15) is 15.0 Å². The molecule has 0 aliphatic carbocycles. The van der Waals surface area contributed by atoms with Crippen molar-refractivity contribution < 1.29 is 20.1 Å². The number of phenolic OH excluding ortho intramolecular Hbond substituents is 2. The van der Waals surface area contributed by atoms with E-state index in [4.69, 9.17) is 5.11 Å². The van der Waals surface area contributed by atoms with Gasteiger partial charge in [0.2, 0.25) is 0 Å². The molecule has 0 radical (unpaired) electrons. The van der Waals surface area contributed by atoms with Crippen LogP contribution in [0.1, 0.15) is 11.1 Å². The van der Waals surface area contributed by atoms with Crippen LogP contribution >= 0.6 is 0 Å². The van der Waals surface area contributed by atoms with Gasteiger partial charge in [-0.1, -0.05) is 12.1 Å². The lowest BCUT2D eigenvalue weighted by Gasteiger charge is -2.06. The number of carboxylic acid groups (broad SMARTS) is 1. The van der Waals surface area contributed by atoms with Crippen LogP contribution in [0.25, 0.3) is 10.9 Å². The van der Waals surface area contributed by atoms with Crippen LogP contribution in [0.3, 0.4) is 0 Å². The van der Waals surface area contributed by atoms with Gasteiger partial charge in [-0.05, 0) is 41.5 Å². The molecule has 0 aliphatic heterocycles. The number of benzene rings is 2. The molecule has 0 aliphatic rings. The quantitative estimate of drug-likeness (QED) is 0.691. The first-order valence-electron chi connectivity index (χ1n) is 6.83. The van der Waals surface area contributed by atoms with Crippen molar-refractivity contribution in [2.45, 2.75) is 13.0 Å². The van der Waals surface area contributed by atoms with Crippen LogP contribution in [0.5, 0.6) is 11.5 Å². The minimum Gasteiger partial charge on any atom is -0.508 e. The third-order valence-electron chi connectivity index (χ3n) is 3.58. The van der Waals surface area contributed by atoms with Crippen molar-refractivity contribution >= 4 is 16.9 Å². The predicted molar refractivity (Wildman–Crippen MR) is 82.2 cm³/mol. The average molecular weight is 297 g/mol. The Morgan fingerprint density at radius 1 is 1.00 bits per heavy atom. The van der Waals surface area contributed by atoms with E-state index in [1.54, 1.807) is 36.5 Å². The Morgan fingerprint density at radius 3 is 2.36 bits per heavy atom. The van der Waals surface area contributed by atoms with Crippen molar-refractivity contribution in [3.05, 3.63) is 59.8 Å². The molecule has 1 heterocycles. The first kappa shape index (κ1) is 14.0. The lowest BCUT2D eigenvalue weighted by atomic mass is 10.1. The van der Waals surface area contributed by atoms with Gasteiger partial charge in [0.15, 0.2) is 0 Å². The van der Waals surface area contributed by atoms with Gasteiger partial charge in [0.25, 0.3) is 0 Å². The largest absolute Gasteiger partial charge is 0.508 e. The van der Waals surface area contributed by atoms with Crippen molar-refractivity contribution in [1.29, 1.82) is 0 Å². The second-order valence-electron chi connectivity index (χ2n) is 5.22. The molecule has 0 bridgehead atoms. The third kappa shape index (κ3) is 2.74. The number of aromatic hydroxyl groups is 2. The summed E-state index contributed by atoms with van der Waals surface area (Å²) < 4.78 is 1.94. The monoisotopic (exact) mass is 297 g/mol. The molecule has 0 saturated carbocycles. The molecule has 3 rings (SSSR count). The van der Waals surface area contributed by atoms with Crippen molar-refractivity contribution in [2.24, 2.45) is 0 Å². The lowest BCUT2D eigenvalue weighted by molar-refractivity contribution is -0.136. The highest BCUT2D eigenvalue weighted by Crippen LogP contribution is 2.27. The van der Waals surface area contributed by atoms with Gasteiger partial charge in [0, 0.05) is 23.6 Å². The highest BCUT2D eigenvalue weighted by molar-refractivity contribution is 5.88. The Labute approximate surface area is 126 Å². The lowest BCUT2D eigenvalue weighted by Crippen LogP contribution is -2.00. The average Bonchev–Trinajstić information content (AvgIpc) is 2.78. The van der Waals surface area contributed by atoms with E-state index in [0.717, 1.165) is 16.5 Å². The number of rotatable bonds is 4. The summed E-state index contributed by atoms with van der Waals surface area (Å²) in [5, 5.41) is 28.7. The fourth-order valence-corrected chi connectivity index (χ4v) is 2.59. The van der Waals surface area contributed by atoms with Gasteiger partial charge in [0.1, 0.15) is 11.5 Å². The first-order valence-corrected chi connectivity index (χ1v) is 6.83. The fraction of sp³-hybridized carbons (Fsp3) is 0.118. The van der Waals surface area contributed by atoms with Crippen molar-refractivity contribution in [3.63, 3.8) is 0 Å². The van der Waals surface area contributed by atoms with Gasteiger partial charge in [-0.2, -0.15) is 0 Å². The Kier molecular flexibility index (Phi) is 3.47. The summed E-state index contributed by atoms with van der Waals surface area (Å²) in [6, 6.07) is 11.8. The Morgan fingerprint density at radius 2 is 1.68 bits per heavy atom. The second kappa shape index (κ2) is 5.44. The van der Waals surface area contributed by atoms with Gasteiger partial charge in [-0.3, -0.25) is 4.79 Å². The Hall–Kier alpha value is -2.95. The predicted octanol–water partition coefficient (Wildman–Crippen LogP) is 2.73. The van der Waals surface area contributed by atoms with Gasteiger partial charge < -0.3 is 19.9 Å². The minimum atomic E-state index is -0.910. The van der Waals surface area contributed by atoms with Crippen molar-refractivity contribution in [3.8, 4) is 11.5 Å². The Bertz CT molecular complexity index is 834. The molecule has 0 fully saturated rings. The number of aliphatic carboxylic acids is 1. The summed E-state index contributed by atoms with van der Waals surface area (Å²) in [6.07, 6.45) is 1.70. The molecule has 5 nitrogen and oxygen atoms in total. The topological polar surface area (TPSA) is 82.7 Å². The molecule has 2 aromatic carbocycles. The van der Waals surface area contributed by atoms with E-state index in [2.05, 4.69) is 0 Å². The second-order valence-corrected chi connectivity index (χ2v) is 5.22. The number of carbonyl (C=O) groups is 1. The summed E-state index contributed by atoms with van der Waals surface area (Å²) in [7, 11) is 0. The van der Waals surface area contributed by atoms with E-state index in [-0.39, 0.29) is 17.9 Å². The van der Waals surface area contributed by atoms with Crippen LogP contribution in [-0.2, 0) is 17.8 Å². The van der Waals surface area contributed by atoms with Gasteiger partial charge in [-0.25, -0.2) is 0 Å². The van der Waals surface area contributed by atoms with E-state index < -0.39 is 5.97 Å². The maximum Gasteiger partial charge on any atom is 0.307 e. The third-order valence-corrected chi connectivity index (χ3v) is 3.58. The molecule has 3 aromatic rings. The summed E-state index contributed by atoms with van der Waals surface area (Å²) in [4.78, 5) is 11.0.